The van der Waals surface area contributed by atoms with Crippen LogP contribution in [0.15, 0.2) is 24.3 Å². The molecule has 1 aromatic rings. The molecule has 0 bridgehead atoms. The highest BCUT2D eigenvalue weighted by Gasteiger charge is 2.21. The van der Waals surface area contributed by atoms with E-state index < -0.39 is 0 Å². The molecular weight excluding hydrogens is 222 g/mol. The summed E-state index contributed by atoms with van der Waals surface area (Å²) >= 11 is 0. The summed E-state index contributed by atoms with van der Waals surface area (Å²) in [6.45, 7) is 6.60. The molecule has 0 N–H and O–H groups in total. The normalized spacial score (nSPS) is 15.7. The summed E-state index contributed by atoms with van der Waals surface area (Å²) in [7, 11) is 0. The maximum atomic E-state index is 12.0. The van der Waals surface area contributed by atoms with E-state index in [0.29, 0.717) is 12.2 Å². The number of hydrogen-bond acceptors (Lipinski definition) is 2. The van der Waals surface area contributed by atoms with Gasteiger partial charge in [0.15, 0.2) is 5.78 Å². The molecule has 1 aromatic carbocycles. The van der Waals surface area contributed by atoms with E-state index in [0.717, 1.165) is 36.7 Å². The Labute approximate surface area is 110 Å². The fourth-order valence-corrected chi connectivity index (χ4v) is 2.72. The van der Waals surface area contributed by atoms with Crippen LogP contribution in [-0.4, -0.2) is 18.9 Å². The lowest BCUT2D eigenvalue weighted by atomic mass is 10.0. The number of benzene rings is 1. The molecule has 1 aliphatic rings. The Hall–Kier alpha value is -1.31. The summed E-state index contributed by atoms with van der Waals surface area (Å²) in [6.07, 6.45) is 4.09. The predicted molar refractivity (Wildman–Crippen MR) is 76.3 cm³/mol. The number of carbonyl (C=O) groups is 1. The smallest absolute Gasteiger partial charge is 0.165 e. The molecule has 1 heterocycles. The number of fused-ring (bicyclic) bond motifs is 1. The average Bonchev–Trinajstić information content (AvgIpc) is 2.57. The molecule has 0 atom stereocenters. The Kier molecular flexibility index (Phi) is 4.40. The summed E-state index contributed by atoms with van der Waals surface area (Å²) in [5.74, 6) is 1.03. The molecule has 0 radical (unpaired) electrons. The lowest BCUT2D eigenvalue weighted by molar-refractivity contribution is 0.0984. The molecule has 2 nitrogen and oxygen atoms in total. The Balaban J connectivity index is 2.25. The van der Waals surface area contributed by atoms with Gasteiger partial charge in [0.25, 0.3) is 0 Å². The molecule has 0 aromatic heterocycles. The van der Waals surface area contributed by atoms with Gasteiger partial charge in [0.05, 0.1) is 0 Å². The molecule has 0 unspecified atom stereocenters. The zero-order valence-corrected chi connectivity index (χ0v) is 11.5. The van der Waals surface area contributed by atoms with E-state index in [1.807, 2.05) is 18.2 Å². The first-order valence-electron chi connectivity index (χ1n) is 7.13. The number of rotatable bonds is 4. The second kappa shape index (κ2) is 6.03. The van der Waals surface area contributed by atoms with Gasteiger partial charge in [-0.25, -0.2) is 0 Å². The number of Topliss-reactive ketones (excluding diaryl/α,β-unsaturated/α-hetero) is 1. The van der Waals surface area contributed by atoms with Crippen molar-refractivity contribution in [2.24, 2.45) is 5.92 Å². The van der Waals surface area contributed by atoms with Gasteiger partial charge in [-0.1, -0.05) is 38.8 Å². The van der Waals surface area contributed by atoms with Crippen LogP contribution in [0.25, 0.3) is 0 Å². The van der Waals surface area contributed by atoms with Gasteiger partial charge in [0, 0.05) is 30.8 Å². The zero-order valence-electron chi connectivity index (χ0n) is 11.5. The molecule has 0 amide bonds. The third kappa shape index (κ3) is 2.74. The minimum Gasteiger partial charge on any atom is -0.371 e. The van der Waals surface area contributed by atoms with Crippen LogP contribution in [0.4, 0.5) is 5.69 Å². The second-order valence-corrected chi connectivity index (χ2v) is 5.17. The van der Waals surface area contributed by atoms with Gasteiger partial charge in [-0.2, -0.15) is 0 Å². The van der Waals surface area contributed by atoms with Crippen LogP contribution in [0.2, 0.25) is 0 Å². The van der Waals surface area contributed by atoms with Crippen LogP contribution in [0.3, 0.4) is 0 Å². The van der Waals surface area contributed by atoms with E-state index in [1.54, 1.807) is 0 Å². The first kappa shape index (κ1) is 13.1. The fourth-order valence-electron chi connectivity index (χ4n) is 2.72. The minimum atomic E-state index is 0.303. The number of ketones is 1. The van der Waals surface area contributed by atoms with Gasteiger partial charge in [0.2, 0.25) is 0 Å². The molecule has 0 saturated heterocycles. The number of anilines is 1. The molecule has 0 aliphatic carbocycles. The van der Waals surface area contributed by atoms with E-state index in [9.17, 15) is 4.79 Å². The maximum Gasteiger partial charge on any atom is 0.165 e. The summed E-state index contributed by atoms with van der Waals surface area (Å²) in [5.41, 5.74) is 2.06. The van der Waals surface area contributed by atoms with Gasteiger partial charge in [-0.15, -0.1) is 0 Å². The summed E-state index contributed by atoms with van der Waals surface area (Å²) < 4.78 is 0. The van der Waals surface area contributed by atoms with Crippen molar-refractivity contribution in [2.45, 2.75) is 39.5 Å². The highest BCUT2D eigenvalue weighted by Crippen LogP contribution is 2.27. The van der Waals surface area contributed by atoms with Gasteiger partial charge in [-0.3, -0.25) is 4.79 Å². The SMILES string of the molecule is CCC(CC)CN1CCCC(=O)c2ccccc21. The summed E-state index contributed by atoms with van der Waals surface area (Å²) in [6, 6.07) is 8.08. The number of hydrogen-bond donors (Lipinski definition) is 0. The highest BCUT2D eigenvalue weighted by atomic mass is 16.1. The van der Waals surface area contributed by atoms with Gasteiger partial charge >= 0.3 is 0 Å². The van der Waals surface area contributed by atoms with Crippen LogP contribution >= 0.6 is 0 Å². The van der Waals surface area contributed by atoms with Crippen molar-refractivity contribution in [3.05, 3.63) is 29.8 Å². The van der Waals surface area contributed by atoms with Crippen LogP contribution < -0.4 is 4.90 Å². The lowest BCUT2D eigenvalue weighted by Crippen LogP contribution is -2.30. The first-order chi connectivity index (χ1) is 8.76. The van der Waals surface area contributed by atoms with Crippen molar-refractivity contribution < 1.29 is 4.79 Å². The standard InChI is InChI=1S/C16H23NO/c1-3-13(4-2)12-17-11-7-10-16(18)14-8-5-6-9-15(14)17/h5-6,8-9,13H,3-4,7,10-12H2,1-2H3. The zero-order chi connectivity index (χ0) is 13.0. The van der Waals surface area contributed by atoms with Gasteiger partial charge < -0.3 is 4.90 Å². The van der Waals surface area contributed by atoms with E-state index in [1.165, 1.54) is 12.8 Å². The van der Waals surface area contributed by atoms with Crippen LogP contribution in [0.5, 0.6) is 0 Å². The molecular formula is C16H23NO. The highest BCUT2D eigenvalue weighted by molar-refractivity contribution is 6.01. The third-order valence-electron chi connectivity index (χ3n) is 4.01. The van der Waals surface area contributed by atoms with Crippen molar-refractivity contribution >= 4 is 11.5 Å². The van der Waals surface area contributed by atoms with E-state index in [4.69, 9.17) is 0 Å². The van der Waals surface area contributed by atoms with Crippen molar-refractivity contribution in [1.29, 1.82) is 0 Å². The van der Waals surface area contributed by atoms with Crippen molar-refractivity contribution in [3.63, 3.8) is 0 Å². The largest absolute Gasteiger partial charge is 0.371 e. The molecule has 0 spiro atoms. The number of nitrogens with zero attached hydrogens (tertiary/aromatic N) is 1. The number of carbonyl (C=O) groups excluding carboxylic acids is 1. The first-order valence-corrected chi connectivity index (χ1v) is 7.13. The Morgan fingerprint density at radius 2 is 1.94 bits per heavy atom. The molecule has 2 heteroatoms. The summed E-state index contributed by atoms with van der Waals surface area (Å²) in [4.78, 5) is 14.5. The topological polar surface area (TPSA) is 20.3 Å². The molecule has 0 saturated carbocycles. The Morgan fingerprint density at radius 3 is 2.67 bits per heavy atom. The molecule has 1 aliphatic heterocycles. The van der Waals surface area contributed by atoms with Gasteiger partial charge in [0.1, 0.15) is 0 Å². The van der Waals surface area contributed by atoms with Crippen molar-refractivity contribution in [2.75, 3.05) is 18.0 Å². The molecule has 18 heavy (non-hydrogen) atoms. The van der Waals surface area contributed by atoms with Crippen molar-refractivity contribution in [1.82, 2.24) is 0 Å². The van der Waals surface area contributed by atoms with E-state index >= 15 is 0 Å². The van der Waals surface area contributed by atoms with Gasteiger partial charge in [-0.05, 0) is 24.5 Å². The average molecular weight is 245 g/mol. The fraction of sp³-hybridized carbons (Fsp3) is 0.562. The van der Waals surface area contributed by atoms with E-state index in [-0.39, 0.29) is 0 Å². The van der Waals surface area contributed by atoms with Crippen LogP contribution in [0, 0.1) is 5.92 Å². The monoisotopic (exact) mass is 245 g/mol. The van der Waals surface area contributed by atoms with Crippen LogP contribution in [-0.2, 0) is 0 Å². The molecule has 98 valence electrons. The van der Waals surface area contributed by atoms with Crippen molar-refractivity contribution in [3.8, 4) is 0 Å². The Bertz CT molecular complexity index is 409. The van der Waals surface area contributed by atoms with E-state index in [2.05, 4.69) is 24.8 Å². The predicted octanol–water partition coefficient (Wildman–Crippen LogP) is 3.91. The lowest BCUT2D eigenvalue weighted by Gasteiger charge is -2.28. The Morgan fingerprint density at radius 1 is 1.22 bits per heavy atom. The minimum absolute atomic E-state index is 0.303. The second-order valence-electron chi connectivity index (χ2n) is 5.17. The molecule has 2 rings (SSSR count). The molecule has 0 fully saturated rings. The summed E-state index contributed by atoms with van der Waals surface area (Å²) in [5, 5.41) is 0. The number of para-hydroxylation sites is 1. The maximum absolute atomic E-state index is 12.0. The van der Waals surface area contributed by atoms with Crippen LogP contribution in [0.1, 0.15) is 49.9 Å². The third-order valence-corrected chi connectivity index (χ3v) is 4.01. The quantitative estimate of drug-likeness (QED) is 0.801.